The van der Waals surface area contributed by atoms with Gasteiger partial charge in [-0.05, 0) is 34.5 Å². The van der Waals surface area contributed by atoms with Gasteiger partial charge in [0.15, 0.2) is 0 Å². The molecule has 2 heterocycles. The molecule has 1 unspecified atom stereocenters. The van der Waals surface area contributed by atoms with E-state index in [4.69, 9.17) is 5.73 Å². The lowest BCUT2D eigenvalue weighted by Crippen LogP contribution is -2.33. The fraction of sp³-hybridized carbons (Fsp3) is 0.385. The van der Waals surface area contributed by atoms with Crippen LogP contribution < -0.4 is 21.3 Å². The van der Waals surface area contributed by atoms with Gasteiger partial charge in [-0.1, -0.05) is 0 Å². The highest BCUT2D eigenvalue weighted by Gasteiger charge is 2.29. The SMILES string of the molecule is NC1C(=O)Nc2cc(N3CCCNC(=O)C3)c(Br)cc21. The van der Waals surface area contributed by atoms with Crippen molar-refractivity contribution in [1.82, 2.24) is 5.32 Å². The van der Waals surface area contributed by atoms with Gasteiger partial charge < -0.3 is 21.3 Å². The predicted octanol–water partition coefficient (Wildman–Crippen LogP) is 0.727. The molecule has 0 bridgehead atoms. The van der Waals surface area contributed by atoms with Crippen LogP contribution in [0.15, 0.2) is 16.6 Å². The zero-order chi connectivity index (χ0) is 14.3. The van der Waals surface area contributed by atoms with Gasteiger partial charge >= 0.3 is 0 Å². The lowest BCUT2D eigenvalue weighted by molar-refractivity contribution is -0.119. The molecular formula is C13H15BrN4O2. The molecule has 2 amide bonds. The lowest BCUT2D eigenvalue weighted by Gasteiger charge is -2.23. The number of carbonyl (C=O) groups is 2. The normalized spacial score (nSPS) is 22.1. The molecule has 1 fully saturated rings. The first-order valence-electron chi connectivity index (χ1n) is 6.48. The molecule has 1 aromatic carbocycles. The number of carbonyl (C=O) groups excluding carboxylic acids is 2. The fourth-order valence-corrected chi connectivity index (χ4v) is 3.16. The molecule has 0 spiro atoms. The predicted molar refractivity (Wildman–Crippen MR) is 79.5 cm³/mol. The van der Waals surface area contributed by atoms with Gasteiger partial charge in [0, 0.05) is 28.8 Å². The van der Waals surface area contributed by atoms with Crippen LogP contribution in [-0.4, -0.2) is 31.4 Å². The number of hydrogen-bond donors (Lipinski definition) is 3. The van der Waals surface area contributed by atoms with E-state index < -0.39 is 6.04 Å². The van der Waals surface area contributed by atoms with Crippen molar-refractivity contribution in [2.75, 3.05) is 29.9 Å². The summed E-state index contributed by atoms with van der Waals surface area (Å²) in [5.41, 5.74) is 8.23. The molecule has 6 nitrogen and oxygen atoms in total. The summed E-state index contributed by atoms with van der Waals surface area (Å²) >= 11 is 3.51. The van der Waals surface area contributed by atoms with Crippen molar-refractivity contribution >= 4 is 39.1 Å². The maximum absolute atomic E-state index is 11.7. The zero-order valence-corrected chi connectivity index (χ0v) is 12.4. The molecule has 20 heavy (non-hydrogen) atoms. The summed E-state index contributed by atoms with van der Waals surface area (Å²) in [4.78, 5) is 25.3. The van der Waals surface area contributed by atoms with E-state index in [-0.39, 0.29) is 11.8 Å². The Labute approximate surface area is 124 Å². The summed E-state index contributed by atoms with van der Waals surface area (Å²) in [5.74, 6) is -0.187. The summed E-state index contributed by atoms with van der Waals surface area (Å²) in [7, 11) is 0. The first-order chi connectivity index (χ1) is 9.56. The van der Waals surface area contributed by atoms with Crippen LogP contribution in [0.4, 0.5) is 11.4 Å². The minimum Gasteiger partial charge on any atom is -0.361 e. The standard InChI is InChI=1S/C13H15BrN4O2/c14-8-4-7-9(17-13(20)12(7)15)5-10(8)18-3-1-2-16-11(19)6-18/h4-5,12H,1-3,6,15H2,(H,16,19)(H,17,20). The number of nitrogens with two attached hydrogens (primary N) is 1. The van der Waals surface area contributed by atoms with Gasteiger partial charge in [0.05, 0.1) is 12.2 Å². The van der Waals surface area contributed by atoms with E-state index in [1.54, 1.807) is 0 Å². The van der Waals surface area contributed by atoms with Crippen molar-refractivity contribution in [3.05, 3.63) is 22.2 Å². The molecular weight excluding hydrogens is 324 g/mol. The van der Waals surface area contributed by atoms with Crippen LogP contribution >= 0.6 is 15.9 Å². The smallest absolute Gasteiger partial charge is 0.245 e. The summed E-state index contributed by atoms with van der Waals surface area (Å²) in [6, 6.07) is 3.11. The van der Waals surface area contributed by atoms with Gasteiger partial charge in [-0.25, -0.2) is 0 Å². The largest absolute Gasteiger partial charge is 0.361 e. The summed E-state index contributed by atoms with van der Waals surface area (Å²) in [6.07, 6.45) is 0.890. The Morgan fingerprint density at radius 3 is 2.95 bits per heavy atom. The van der Waals surface area contributed by atoms with Crippen molar-refractivity contribution in [3.63, 3.8) is 0 Å². The number of amides is 2. The van der Waals surface area contributed by atoms with Crippen molar-refractivity contribution in [3.8, 4) is 0 Å². The second-order valence-corrected chi connectivity index (χ2v) is 5.84. The van der Waals surface area contributed by atoms with Crippen LogP contribution in [0.3, 0.4) is 0 Å². The van der Waals surface area contributed by atoms with Crippen LogP contribution in [0.1, 0.15) is 18.0 Å². The van der Waals surface area contributed by atoms with Crippen molar-refractivity contribution in [2.24, 2.45) is 5.73 Å². The van der Waals surface area contributed by atoms with Gasteiger partial charge in [-0.3, -0.25) is 9.59 Å². The Hall–Kier alpha value is -1.60. The van der Waals surface area contributed by atoms with Crippen LogP contribution in [0.5, 0.6) is 0 Å². The highest BCUT2D eigenvalue weighted by molar-refractivity contribution is 9.10. The number of nitrogens with one attached hydrogen (secondary N) is 2. The quantitative estimate of drug-likeness (QED) is 0.704. The van der Waals surface area contributed by atoms with E-state index in [2.05, 4.69) is 26.6 Å². The molecule has 4 N–H and O–H groups in total. The maximum atomic E-state index is 11.7. The number of benzene rings is 1. The third-order valence-electron chi connectivity index (χ3n) is 3.60. The van der Waals surface area contributed by atoms with Gasteiger partial charge in [0.25, 0.3) is 0 Å². The molecule has 3 rings (SSSR count). The average Bonchev–Trinajstić information content (AvgIpc) is 2.59. The van der Waals surface area contributed by atoms with Gasteiger partial charge in [0.1, 0.15) is 6.04 Å². The summed E-state index contributed by atoms with van der Waals surface area (Å²) in [6.45, 7) is 1.80. The van der Waals surface area contributed by atoms with E-state index >= 15 is 0 Å². The van der Waals surface area contributed by atoms with Crippen molar-refractivity contribution in [1.29, 1.82) is 0 Å². The van der Waals surface area contributed by atoms with E-state index in [1.165, 1.54) is 0 Å². The van der Waals surface area contributed by atoms with Crippen LogP contribution in [-0.2, 0) is 9.59 Å². The first kappa shape index (κ1) is 13.4. The highest BCUT2D eigenvalue weighted by Crippen LogP contribution is 2.38. The fourth-order valence-electron chi connectivity index (χ4n) is 2.55. The minimum absolute atomic E-state index is 0.00985. The second kappa shape index (κ2) is 5.06. The van der Waals surface area contributed by atoms with Crippen LogP contribution in [0.25, 0.3) is 0 Å². The molecule has 2 aliphatic rings. The molecule has 0 aromatic heterocycles. The molecule has 2 aliphatic heterocycles. The number of fused-ring (bicyclic) bond motifs is 1. The average molecular weight is 339 g/mol. The third kappa shape index (κ3) is 2.27. The van der Waals surface area contributed by atoms with E-state index in [0.29, 0.717) is 13.1 Å². The molecule has 1 aromatic rings. The Morgan fingerprint density at radius 1 is 1.35 bits per heavy atom. The van der Waals surface area contributed by atoms with Crippen LogP contribution in [0, 0.1) is 0 Å². The Bertz CT molecular complexity index is 590. The lowest BCUT2D eigenvalue weighted by atomic mass is 10.1. The van der Waals surface area contributed by atoms with E-state index in [1.807, 2.05) is 17.0 Å². The number of anilines is 2. The van der Waals surface area contributed by atoms with Gasteiger partial charge in [-0.2, -0.15) is 0 Å². The summed E-state index contributed by atoms with van der Waals surface area (Å²) < 4.78 is 0.845. The zero-order valence-electron chi connectivity index (χ0n) is 10.8. The Morgan fingerprint density at radius 2 is 2.15 bits per heavy atom. The Kier molecular flexibility index (Phi) is 3.39. The third-order valence-corrected chi connectivity index (χ3v) is 4.23. The number of nitrogens with zero attached hydrogens (tertiary/aromatic N) is 1. The van der Waals surface area contributed by atoms with Crippen molar-refractivity contribution in [2.45, 2.75) is 12.5 Å². The van der Waals surface area contributed by atoms with E-state index in [0.717, 1.165) is 34.4 Å². The van der Waals surface area contributed by atoms with Gasteiger partial charge in [0.2, 0.25) is 11.8 Å². The monoisotopic (exact) mass is 338 g/mol. The second-order valence-electron chi connectivity index (χ2n) is 4.98. The van der Waals surface area contributed by atoms with Crippen LogP contribution in [0.2, 0.25) is 0 Å². The number of hydrogen-bond acceptors (Lipinski definition) is 4. The molecule has 106 valence electrons. The molecule has 7 heteroatoms. The number of rotatable bonds is 1. The molecule has 0 radical (unpaired) electrons. The number of halogens is 1. The molecule has 1 saturated heterocycles. The summed E-state index contributed by atoms with van der Waals surface area (Å²) in [5, 5.41) is 5.61. The first-order valence-corrected chi connectivity index (χ1v) is 7.27. The molecule has 1 atom stereocenters. The topological polar surface area (TPSA) is 87.5 Å². The Balaban J connectivity index is 1.97. The molecule has 0 aliphatic carbocycles. The molecule has 0 saturated carbocycles. The maximum Gasteiger partial charge on any atom is 0.245 e. The minimum atomic E-state index is -0.622. The van der Waals surface area contributed by atoms with Gasteiger partial charge in [-0.15, -0.1) is 0 Å². The van der Waals surface area contributed by atoms with E-state index in [9.17, 15) is 9.59 Å². The van der Waals surface area contributed by atoms with Crippen molar-refractivity contribution < 1.29 is 9.59 Å². The highest BCUT2D eigenvalue weighted by atomic mass is 79.9.